The van der Waals surface area contributed by atoms with E-state index in [1.807, 2.05) is 0 Å². The first kappa shape index (κ1) is 13.0. The zero-order valence-corrected chi connectivity index (χ0v) is 10.7. The maximum Gasteiger partial charge on any atom is 0.149 e. The summed E-state index contributed by atoms with van der Waals surface area (Å²) in [5, 5.41) is 13.6. The minimum absolute atomic E-state index is 0.327. The Balaban J connectivity index is 1.95. The highest BCUT2D eigenvalue weighted by atomic mass is 16.3. The van der Waals surface area contributed by atoms with Crippen LogP contribution >= 0.6 is 0 Å². The van der Waals surface area contributed by atoms with E-state index < -0.39 is 5.60 Å². The Morgan fingerprint density at radius 3 is 2.44 bits per heavy atom. The molecule has 0 unspecified atom stereocenters. The fourth-order valence-corrected chi connectivity index (χ4v) is 2.40. The number of hydrogen-bond acceptors (Lipinski definition) is 5. The standard InChI is InChI=1S/C13H22N4O/c14-10-5-6-11(17-12(10)15)16-9-13(18)7-3-1-2-4-8-13/h5-6,18H,1-4,7-9,14H2,(H3,15,16,17). The average molecular weight is 250 g/mol. The molecule has 18 heavy (non-hydrogen) atoms. The van der Waals surface area contributed by atoms with Gasteiger partial charge in [0.05, 0.1) is 11.3 Å². The van der Waals surface area contributed by atoms with Crippen molar-refractivity contribution < 1.29 is 5.11 Å². The van der Waals surface area contributed by atoms with Gasteiger partial charge >= 0.3 is 0 Å². The number of rotatable bonds is 3. The Kier molecular flexibility index (Phi) is 3.91. The van der Waals surface area contributed by atoms with Crippen LogP contribution in [0, 0.1) is 0 Å². The molecule has 1 aromatic heterocycles. The van der Waals surface area contributed by atoms with Crippen LogP contribution < -0.4 is 16.8 Å². The van der Waals surface area contributed by atoms with Gasteiger partial charge in [0.2, 0.25) is 0 Å². The van der Waals surface area contributed by atoms with E-state index in [0.29, 0.717) is 23.9 Å². The molecule has 5 heteroatoms. The third kappa shape index (κ3) is 3.26. The Hall–Kier alpha value is -1.49. The van der Waals surface area contributed by atoms with E-state index in [2.05, 4.69) is 10.3 Å². The molecule has 2 rings (SSSR count). The van der Waals surface area contributed by atoms with Crippen LogP contribution in [0.1, 0.15) is 38.5 Å². The van der Waals surface area contributed by atoms with Gasteiger partial charge in [-0.1, -0.05) is 25.7 Å². The first-order valence-electron chi connectivity index (χ1n) is 6.57. The lowest BCUT2D eigenvalue weighted by atomic mass is 9.94. The predicted octanol–water partition coefficient (Wildman–Crippen LogP) is 1.74. The molecule has 0 aliphatic heterocycles. The monoisotopic (exact) mass is 250 g/mol. The van der Waals surface area contributed by atoms with E-state index in [0.717, 1.165) is 25.7 Å². The molecule has 5 nitrogen and oxygen atoms in total. The smallest absolute Gasteiger partial charge is 0.149 e. The van der Waals surface area contributed by atoms with E-state index in [4.69, 9.17) is 11.5 Å². The second kappa shape index (κ2) is 5.44. The van der Waals surface area contributed by atoms with Crippen molar-refractivity contribution in [1.29, 1.82) is 0 Å². The van der Waals surface area contributed by atoms with Crippen molar-refractivity contribution in [1.82, 2.24) is 4.98 Å². The molecule has 0 radical (unpaired) electrons. The number of hydrogen-bond donors (Lipinski definition) is 4. The molecular weight excluding hydrogens is 228 g/mol. The highest BCUT2D eigenvalue weighted by molar-refractivity contribution is 5.61. The molecule has 1 aromatic rings. The third-order valence-corrected chi connectivity index (χ3v) is 3.59. The van der Waals surface area contributed by atoms with Gasteiger partial charge in [-0.2, -0.15) is 0 Å². The van der Waals surface area contributed by atoms with Gasteiger partial charge in [0.15, 0.2) is 0 Å². The number of nitrogens with two attached hydrogens (primary N) is 2. The van der Waals surface area contributed by atoms with Gasteiger partial charge < -0.3 is 21.9 Å². The molecule has 0 saturated heterocycles. The van der Waals surface area contributed by atoms with Crippen LogP contribution in [0.3, 0.4) is 0 Å². The molecule has 0 spiro atoms. The van der Waals surface area contributed by atoms with Crippen molar-refractivity contribution in [3.05, 3.63) is 12.1 Å². The maximum absolute atomic E-state index is 10.5. The van der Waals surface area contributed by atoms with Crippen LogP contribution in [0.4, 0.5) is 17.3 Å². The first-order valence-corrected chi connectivity index (χ1v) is 6.57. The summed E-state index contributed by atoms with van der Waals surface area (Å²) in [5.41, 5.74) is 11.1. The molecule has 1 aliphatic carbocycles. The Morgan fingerprint density at radius 1 is 1.17 bits per heavy atom. The number of nitrogens with zero attached hydrogens (tertiary/aromatic N) is 1. The molecule has 0 amide bonds. The van der Waals surface area contributed by atoms with Crippen molar-refractivity contribution in [2.24, 2.45) is 0 Å². The Bertz CT molecular complexity index is 400. The molecular formula is C13H22N4O. The number of aliphatic hydroxyl groups is 1. The predicted molar refractivity (Wildman–Crippen MR) is 74.2 cm³/mol. The fourth-order valence-electron chi connectivity index (χ4n) is 2.40. The summed E-state index contributed by atoms with van der Waals surface area (Å²) >= 11 is 0. The van der Waals surface area contributed by atoms with Gasteiger partial charge in [0, 0.05) is 6.54 Å². The van der Waals surface area contributed by atoms with E-state index >= 15 is 0 Å². The summed E-state index contributed by atoms with van der Waals surface area (Å²) in [7, 11) is 0. The topological polar surface area (TPSA) is 97.2 Å². The Labute approximate surface area is 108 Å². The molecule has 0 bridgehead atoms. The molecule has 0 aromatic carbocycles. The van der Waals surface area contributed by atoms with E-state index in [9.17, 15) is 5.11 Å². The molecule has 0 atom stereocenters. The van der Waals surface area contributed by atoms with Crippen molar-refractivity contribution in [3.63, 3.8) is 0 Å². The summed E-state index contributed by atoms with van der Waals surface area (Å²) in [5.74, 6) is 0.993. The van der Waals surface area contributed by atoms with Gasteiger partial charge in [0.25, 0.3) is 0 Å². The van der Waals surface area contributed by atoms with Crippen molar-refractivity contribution >= 4 is 17.3 Å². The Morgan fingerprint density at radius 2 is 1.83 bits per heavy atom. The quantitative estimate of drug-likeness (QED) is 0.613. The second-order valence-corrected chi connectivity index (χ2v) is 5.16. The van der Waals surface area contributed by atoms with Crippen molar-refractivity contribution in [3.8, 4) is 0 Å². The summed E-state index contributed by atoms with van der Waals surface area (Å²) in [6, 6.07) is 3.51. The molecule has 100 valence electrons. The van der Waals surface area contributed by atoms with Crippen LogP contribution in [-0.4, -0.2) is 22.2 Å². The average Bonchev–Trinajstić information content (AvgIpc) is 2.56. The zero-order chi connectivity index (χ0) is 13.0. The van der Waals surface area contributed by atoms with Crippen LogP contribution in [0.2, 0.25) is 0 Å². The van der Waals surface area contributed by atoms with Gasteiger partial charge in [-0.25, -0.2) is 4.98 Å². The molecule has 1 aliphatic rings. The molecule has 1 fully saturated rings. The number of pyridine rings is 1. The van der Waals surface area contributed by atoms with Crippen LogP contribution in [0.15, 0.2) is 12.1 Å². The minimum atomic E-state index is -0.617. The summed E-state index contributed by atoms with van der Waals surface area (Å²) < 4.78 is 0. The van der Waals surface area contributed by atoms with E-state index in [-0.39, 0.29) is 0 Å². The minimum Gasteiger partial charge on any atom is -0.396 e. The van der Waals surface area contributed by atoms with Crippen molar-refractivity contribution in [2.75, 3.05) is 23.3 Å². The maximum atomic E-state index is 10.5. The molecule has 1 heterocycles. The molecule has 6 N–H and O–H groups in total. The lowest BCUT2D eigenvalue weighted by Gasteiger charge is -2.27. The highest BCUT2D eigenvalue weighted by Crippen LogP contribution is 2.27. The van der Waals surface area contributed by atoms with E-state index in [1.54, 1.807) is 12.1 Å². The zero-order valence-electron chi connectivity index (χ0n) is 10.7. The van der Waals surface area contributed by atoms with Crippen molar-refractivity contribution in [2.45, 2.75) is 44.1 Å². The third-order valence-electron chi connectivity index (χ3n) is 3.59. The molecule has 1 saturated carbocycles. The van der Waals surface area contributed by atoms with Gasteiger partial charge in [-0.3, -0.25) is 0 Å². The fraction of sp³-hybridized carbons (Fsp3) is 0.615. The number of nitrogen functional groups attached to an aromatic ring is 2. The normalized spacial score (nSPS) is 19.2. The number of aromatic nitrogens is 1. The second-order valence-electron chi connectivity index (χ2n) is 5.16. The number of nitrogens with one attached hydrogen (secondary N) is 1. The summed E-state index contributed by atoms with van der Waals surface area (Å²) in [6.45, 7) is 0.517. The largest absolute Gasteiger partial charge is 0.396 e. The first-order chi connectivity index (χ1) is 8.59. The van der Waals surface area contributed by atoms with E-state index in [1.165, 1.54) is 12.8 Å². The SMILES string of the molecule is Nc1ccc(NCC2(O)CCCCCC2)nc1N. The van der Waals surface area contributed by atoms with Gasteiger partial charge in [-0.15, -0.1) is 0 Å². The number of anilines is 3. The van der Waals surface area contributed by atoms with Crippen LogP contribution in [-0.2, 0) is 0 Å². The summed E-state index contributed by atoms with van der Waals surface area (Å²) in [6.07, 6.45) is 6.32. The van der Waals surface area contributed by atoms with Crippen LogP contribution in [0.25, 0.3) is 0 Å². The lowest BCUT2D eigenvalue weighted by Crippen LogP contribution is -2.36. The highest BCUT2D eigenvalue weighted by Gasteiger charge is 2.27. The summed E-state index contributed by atoms with van der Waals surface area (Å²) in [4.78, 5) is 4.14. The van der Waals surface area contributed by atoms with Crippen LogP contribution in [0.5, 0.6) is 0 Å². The lowest BCUT2D eigenvalue weighted by molar-refractivity contribution is 0.0380. The van der Waals surface area contributed by atoms with Gasteiger partial charge in [-0.05, 0) is 25.0 Å². The van der Waals surface area contributed by atoms with Gasteiger partial charge in [0.1, 0.15) is 11.6 Å².